The molecule has 0 aliphatic heterocycles. The molecule has 0 fully saturated rings. The summed E-state index contributed by atoms with van der Waals surface area (Å²) in [6.45, 7) is 0. The van der Waals surface area contributed by atoms with Crippen molar-refractivity contribution >= 4 is 53.6 Å². The second-order valence-electron chi connectivity index (χ2n) is 16.2. The quantitative estimate of drug-likeness (QED) is 0.161. The number of aromatic nitrogens is 4. The van der Waals surface area contributed by atoms with E-state index in [0.717, 1.165) is 33.8 Å². The first-order valence-electron chi connectivity index (χ1n) is 20.3. The molecule has 11 aromatic rings. The highest BCUT2D eigenvalue weighted by molar-refractivity contribution is 8.32. The van der Waals surface area contributed by atoms with Crippen LogP contribution in [0.25, 0.3) is 100 Å². The molecule has 60 heavy (non-hydrogen) atoms. The highest BCUT2D eigenvalue weighted by Gasteiger charge is 2.18. The molecule has 5 heteroatoms. The SMILES string of the molecule is CS(C)(C)c1ccc(-n2c3ccccc3c3ccc(-c4ccc5c(c4)c4ccccc4n5-c4ccc(-c5cc(-c6ccccc6)nc(-c6ccccc6)n5)cc4)cc32)cc1. The van der Waals surface area contributed by atoms with Gasteiger partial charge in [-0.25, -0.2) is 20.0 Å². The Morgan fingerprint density at radius 3 is 1.42 bits per heavy atom. The average Bonchev–Trinajstić information content (AvgIpc) is 3.81. The van der Waals surface area contributed by atoms with Crippen LogP contribution < -0.4 is 0 Å². The van der Waals surface area contributed by atoms with Crippen LogP contribution in [0.2, 0.25) is 0 Å². The van der Waals surface area contributed by atoms with Gasteiger partial charge in [0.15, 0.2) is 5.82 Å². The third kappa shape index (κ3) is 6.18. The second-order valence-corrected chi connectivity index (χ2v) is 20.4. The number of hydrogen-bond acceptors (Lipinski definition) is 2. The number of benzene rings is 8. The van der Waals surface area contributed by atoms with Crippen molar-refractivity contribution in [2.24, 2.45) is 0 Å². The molecular formula is C55H42N4S. The Morgan fingerprint density at radius 1 is 0.333 bits per heavy atom. The Balaban J connectivity index is 1.00. The topological polar surface area (TPSA) is 35.6 Å². The lowest BCUT2D eigenvalue weighted by Gasteiger charge is -2.26. The molecule has 0 aliphatic carbocycles. The lowest BCUT2D eigenvalue weighted by molar-refractivity contribution is 1.17. The largest absolute Gasteiger partial charge is 0.309 e. The van der Waals surface area contributed by atoms with Crippen molar-refractivity contribution in [3.8, 4) is 56.4 Å². The molecule has 0 atom stereocenters. The van der Waals surface area contributed by atoms with Crippen LogP contribution in [0.3, 0.4) is 0 Å². The summed E-state index contributed by atoms with van der Waals surface area (Å²) in [4.78, 5) is 11.5. The Labute approximate surface area is 351 Å². The van der Waals surface area contributed by atoms with Crippen LogP contribution in [0.5, 0.6) is 0 Å². The maximum absolute atomic E-state index is 5.08. The Bertz CT molecular complexity index is 3320. The number of para-hydroxylation sites is 2. The zero-order chi connectivity index (χ0) is 40.4. The Morgan fingerprint density at radius 2 is 0.783 bits per heavy atom. The fourth-order valence-electron chi connectivity index (χ4n) is 8.71. The molecular weight excluding hydrogens is 749 g/mol. The minimum absolute atomic E-state index is 0.713. The lowest BCUT2D eigenvalue weighted by atomic mass is 10.0. The van der Waals surface area contributed by atoms with Crippen molar-refractivity contribution < 1.29 is 0 Å². The average molecular weight is 791 g/mol. The van der Waals surface area contributed by atoms with E-state index in [1.807, 2.05) is 24.3 Å². The minimum Gasteiger partial charge on any atom is -0.309 e. The van der Waals surface area contributed by atoms with E-state index in [9.17, 15) is 0 Å². The summed E-state index contributed by atoms with van der Waals surface area (Å²) in [5.74, 6) is 0.713. The summed E-state index contributed by atoms with van der Waals surface area (Å²) in [5, 5.41) is 4.98. The molecule has 3 heterocycles. The monoisotopic (exact) mass is 790 g/mol. The van der Waals surface area contributed by atoms with Gasteiger partial charge in [-0.3, -0.25) is 0 Å². The number of nitrogens with zero attached hydrogens (tertiary/aromatic N) is 4. The normalized spacial score (nSPS) is 12.2. The molecule has 3 aromatic heterocycles. The van der Waals surface area contributed by atoms with E-state index in [-0.39, 0.29) is 0 Å². The first-order valence-corrected chi connectivity index (χ1v) is 23.2. The van der Waals surface area contributed by atoms with Crippen LogP contribution in [-0.2, 0) is 0 Å². The number of fused-ring (bicyclic) bond motifs is 6. The van der Waals surface area contributed by atoms with Gasteiger partial charge >= 0.3 is 0 Å². The summed E-state index contributed by atoms with van der Waals surface area (Å²) < 4.78 is 4.81. The van der Waals surface area contributed by atoms with Gasteiger partial charge in [0.25, 0.3) is 0 Å². The zero-order valence-electron chi connectivity index (χ0n) is 33.7. The van der Waals surface area contributed by atoms with Gasteiger partial charge in [-0.2, -0.15) is 0 Å². The van der Waals surface area contributed by atoms with Crippen LogP contribution >= 0.6 is 10.0 Å². The molecule has 288 valence electrons. The summed E-state index contributed by atoms with van der Waals surface area (Å²) in [6.07, 6.45) is 7.05. The van der Waals surface area contributed by atoms with E-state index in [0.29, 0.717) is 5.82 Å². The highest BCUT2D eigenvalue weighted by Crippen LogP contribution is 2.46. The Hall–Kier alpha value is -7.21. The fourth-order valence-corrected chi connectivity index (χ4v) is 9.66. The number of hydrogen-bond donors (Lipinski definition) is 0. The maximum atomic E-state index is 5.08. The molecule has 0 spiro atoms. The predicted octanol–water partition coefficient (Wildman–Crippen LogP) is 14.4. The van der Waals surface area contributed by atoms with Gasteiger partial charge in [0.2, 0.25) is 0 Å². The van der Waals surface area contributed by atoms with Gasteiger partial charge in [-0.1, -0.05) is 127 Å². The molecule has 4 nitrogen and oxygen atoms in total. The Kier molecular flexibility index (Phi) is 8.54. The van der Waals surface area contributed by atoms with Crippen molar-refractivity contribution in [1.82, 2.24) is 19.1 Å². The first kappa shape index (κ1) is 35.9. The van der Waals surface area contributed by atoms with Crippen molar-refractivity contribution in [2.75, 3.05) is 18.8 Å². The molecule has 0 saturated carbocycles. The van der Waals surface area contributed by atoms with Crippen molar-refractivity contribution in [3.05, 3.63) is 200 Å². The second kappa shape index (κ2) is 14.3. The van der Waals surface area contributed by atoms with E-state index in [4.69, 9.17) is 9.97 Å². The third-order valence-electron chi connectivity index (χ3n) is 11.7. The van der Waals surface area contributed by atoms with E-state index in [1.165, 1.54) is 65.3 Å². The van der Waals surface area contributed by atoms with Gasteiger partial charge in [0, 0.05) is 49.6 Å². The summed E-state index contributed by atoms with van der Waals surface area (Å²) >= 11 is 0. The molecule has 8 aromatic carbocycles. The van der Waals surface area contributed by atoms with Crippen LogP contribution in [0, 0.1) is 0 Å². The van der Waals surface area contributed by atoms with Gasteiger partial charge in [-0.15, -0.1) is 0 Å². The number of rotatable bonds is 7. The van der Waals surface area contributed by atoms with Gasteiger partial charge in [0.05, 0.1) is 33.5 Å². The zero-order valence-corrected chi connectivity index (χ0v) is 34.6. The molecule has 0 N–H and O–H groups in total. The molecule has 0 aliphatic rings. The van der Waals surface area contributed by atoms with Crippen molar-refractivity contribution in [3.63, 3.8) is 0 Å². The van der Waals surface area contributed by atoms with E-state index in [1.54, 1.807) is 0 Å². The molecule has 0 bridgehead atoms. The van der Waals surface area contributed by atoms with E-state index in [2.05, 4.69) is 204 Å². The molecule has 11 rings (SSSR count). The third-order valence-corrected chi connectivity index (χ3v) is 13.4. The smallest absolute Gasteiger partial charge is 0.160 e. The minimum atomic E-state index is -0.816. The van der Waals surface area contributed by atoms with Gasteiger partial charge in [0.1, 0.15) is 0 Å². The summed E-state index contributed by atoms with van der Waals surface area (Å²) in [5.41, 5.74) is 14.3. The van der Waals surface area contributed by atoms with Gasteiger partial charge < -0.3 is 9.13 Å². The lowest BCUT2D eigenvalue weighted by Crippen LogP contribution is -1.97. The predicted molar refractivity (Wildman–Crippen MR) is 256 cm³/mol. The molecule has 0 saturated heterocycles. The van der Waals surface area contributed by atoms with Gasteiger partial charge in [-0.05, 0) is 108 Å². The molecule has 0 radical (unpaired) electrons. The summed E-state index contributed by atoms with van der Waals surface area (Å²) in [7, 11) is -0.816. The highest BCUT2D eigenvalue weighted by atomic mass is 32.3. The van der Waals surface area contributed by atoms with Crippen LogP contribution in [0.1, 0.15) is 0 Å². The molecule has 0 unspecified atom stereocenters. The van der Waals surface area contributed by atoms with Crippen molar-refractivity contribution in [1.29, 1.82) is 0 Å². The van der Waals surface area contributed by atoms with Crippen molar-refractivity contribution in [2.45, 2.75) is 4.90 Å². The van der Waals surface area contributed by atoms with Crippen LogP contribution in [0.4, 0.5) is 0 Å². The maximum Gasteiger partial charge on any atom is 0.160 e. The van der Waals surface area contributed by atoms with Crippen LogP contribution in [0.15, 0.2) is 205 Å². The van der Waals surface area contributed by atoms with E-state index < -0.39 is 10.0 Å². The fraction of sp³-hybridized carbons (Fsp3) is 0.0545. The molecule has 0 amide bonds. The van der Waals surface area contributed by atoms with Crippen LogP contribution in [-0.4, -0.2) is 37.9 Å². The van der Waals surface area contributed by atoms with E-state index >= 15 is 0 Å². The summed E-state index contributed by atoms with van der Waals surface area (Å²) in [6, 6.07) is 72.0. The standard InChI is InChI=1S/C55H42N4S/c1-60(2,3)44-30-28-43(29-31-44)59-51-20-12-10-18-45(51)47-32-24-41(35-54(47)59)40-25-33-53-48(34-40)46-19-11-13-21-52(46)58(53)42-26-22-38(23-27-42)50-36-49(37-14-6-4-7-15-37)56-55(57-50)39-16-8-5-9-17-39/h4-36H,1-3H3. The first-order chi connectivity index (χ1) is 29.4.